The standard InChI is InChI=1S/C17H18N2O4/c1-11(7-8-12(2)22-3)9-15-18-16(19-23-15)13-5-4-6-14(10-13)17(20)21/h4-8,10H,9H2,1-3H3,(H,20,21)/b11-7+,12-8+. The van der Waals surface area contributed by atoms with E-state index in [0.29, 0.717) is 23.7 Å². The summed E-state index contributed by atoms with van der Waals surface area (Å²) < 4.78 is 10.3. The molecule has 0 bridgehead atoms. The lowest BCUT2D eigenvalue weighted by molar-refractivity contribution is 0.0697. The van der Waals surface area contributed by atoms with Gasteiger partial charge in [-0.25, -0.2) is 4.79 Å². The van der Waals surface area contributed by atoms with Crippen LogP contribution in [0.15, 0.2) is 52.3 Å². The first-order valence-electron chi connectivity index (χ1n) is 7.04. The van der Waals surface area contributed by atoms with Crippen LogP contribution in [0.25, 0.3) is 11.4 Å². The summed E-state index contributed by atoms with van der Waals surface area (Å²) in [5, 5.41) is 12.9. The van der Waals surface area contributed by atoms with Crippen molar-refractivity contribution in [1.29, 1.82) is 0 Å². The first kappa shape index (κ1) is 16.5. The van der Waals surface area contributed by atoms with E-state index < -0.39 is 5.97 Å². The fourth-order valence-electron chi connectivity index (χ4n) is 1.86. The number of methoxy groups -OCH3 is 1. The Kier molecular flexibility index (Phi) is 5.30. The molecule has 0 aliphatic rings. The minimum atomic E-state index is -0.991. The smallest absolute Gasteiger partial charge is 0.335 e. The number of carboxylic acid groups (broad SMARTS) is 1. The number of carbonyl (C=O) groups is 1. The number of carboxylic acids is 1. The van der Waals surface area contributed by atoms with Crippen LogP contribution in [0.3, 0.4) is 0 Å². The molecular weight excluding hydrogens is 296 g/mol. The zero-order valence-electron chi connectivity index (χ0n) is 13.2. The number of ether oxygens (including phenoxy) is 1. The zero-order valence-corrected chi connectivity index (χ0v) is 13.2. The van der Waals surface area contributed by atoms with Crippen molar-refractivity contribution < 1.29 is 19.2 Å². The van der Waals surface area contributed by atoms with Crippen molar-refractivity contribution in [2.75, 3.05) is 7.11 Å². The van der Waals surface area contributed by atoms with E-state index in [1.807, 2.05) is 26.0 Å². The second-order valence-electron chi connectivity index (χ2n) is 5.07. The Bertz CT molecular complexity index is 759. The van der Waals surface area contributed by atoms with Crippen LogP contribution < -0.4 is 0 Å². The molecule has 0 saturated carbocycles. The second kappa shape index (κ2) is 7.40. The molecule has 1 N–H and O–H groups in total. The van der Waals surface area contributed by atoms with E-state index in [1.165, 1.54) is 12.1 Å². The molecule has 1 aromatic carbocycles. The van der Waals surface area contributed by atoms with Crippen LogP contribution in [-0.4, -0.2) is 28.3 Å². The maximum atomic E-state index is 11.0. The summed E-state index contributed by atoms with van der Waals surface area (Å²) in [5.41, 5.74) is 1.83. The normalized spacial score (nSPS) is 12.3. The molecule has 6 nitrogen and oxygen atoms in total. The first-order valence-corrected chi connectivity index (χ1v) is 7.04. The third-order valence-corrected chi connectivity index (χ3v) is 3.19. The molecule has 1 aromatic heterocycles. The van der Waals surface area contributed by atoms with Gasteiger partial charge in [0.15, 0.2) is 0 Å². The van der Waals surface area contributed by atoms with Crippen LogP contribution in [0.2, 0.25) is 0 Å². The fourth-order valence-corrected chi connectivity index (χ4v) is 1.86. The molecule has 6 heteroatoms. The van der Waals surface area contributed by atoms with Crippen molar-refractivity contribution in [3.8, 4) is 11.4 Å². The number of hydrogen-bond acceptors (Lipinski definition) is 5. The minimum absolute atomic E-state index is 0.185. The molecule has 0 amide bonds. The third-order valence-electron chi connectivity index (χ3n) is 3.19. The molecule has 0 radical (unpaired) electrons. The molecule has 1 heterocycles. The van der Waals surface area contributed by atoms with E-state index in [1.54, 1.807) is 19.2 Å². The van der Waals surface area contributed by atoms with Gasteiger partial charge in [-0.15, -0.1) is 0 Å². The SMILES string of the molecule is CO/C(C)=C/C=C(\C)Cc1nc(-c2cccc(C(=O)O)c2)no1. The van der Waals surface area contributed by atoms with Gasteiger partial charge in [-0.05, 0) is 32.1 Å². The number of allylic oxidation sites excluding steroid dienone is 4. The lowest BCUT2D eigenvalue weighted by Gasteiger charge is -1.97. The van der Waals surface area contributed by atoms with Crippen LogP contribution in [0.5, 0.6) is 0 Å². The predicted octanol–water partition coefficient (Wildman–Crippen LogP) is 3.47. The Morgan fingerprint density at radius 3 is 2.83 bits per heavy atom. The van der Waals surface area contributed by atoms with Crippen LogP contribution in [0.1, 0.15) is 30.1 Å². The zero-order chi connectivity index (χ0) is 16.8. The Morgan fingerprint density at radius 1 is 1.35 bits per heavy atom. The molecule has 0 aliphatic heterocycles. The maximum Gasteiger partial charge on any atom is 0.335 e. The molecule has 2 aromatic rings. The number of aromatic nitrogens is 2. The van der Waals surface area contributed by atoms with Gasteiger partial charge in [-0.2, -0.15) is 4.98 Å². The number of benzene rings is 1. The van der Waals surface area contributed by atoms with Gasteiger partial charge in [0.1, 0.15) is 0 Å². The lowest BCUT2D eigenvalue weighted by Crippen LogP contribution is -1.96. The van der Waals surface area contributed by atoms with Crippen molar-refractivity contribution in [3.63, 3.8) is 0 Å². The summed E-state index contributed by atoms with van der Waals surface area (Å²) in [5.74, 6) is 0.660. The van der Waals surface area contributed by atoms with Crippen molar-refractivity contribution in [1.82, 2.24) is 10.1 Å². The van der Waals surface area contributed by atoms with E-state index in [4.69, 9.17) is 14.4 Å². The summed E-state index contributed by atoms with van der Waals surface area (Å²) in [6.45, 7) is 3.82. The summed E-state index contributed by atoms with van der Waals surface area (Å²) >= 11 is 0. The second-order valence-corrected chi connectivity index (χ2v) is 5.07. The quantitative estimate of drug-likeness (QED) is 0.649. The van der Waals surface area contributed by atoms with Gasteiger partial charge >= 0.3 is 5.97 Å². The highest BCUT2D eigenvalue weighted by atomic mass is 16.5. The van der Waals surface area contributed by atoms with Crippen LogP contribution in [0.4, 0.5) is 0 Å². The molecule has 0 aliphatic carbocycles. The maximum absolute atomic E-state index is 11.0. The first-order chi connectivity index (χ1) is 11.0. The van der Waals surface area contributed by atoms with Gasteiger partial charge in [0.2, 0.25) is 11.7 Å². The Labute approximate surface area is 134 Å². The molecule has 0 saturated heterocycles. The highest BCUT2D eigenvalue weighted by Crippen LogP contribution is 2.18. The average molecular weight is 314 g/mol. The Balaban J connectivity index is 2.15. The highest BCUT2D eigenvalue weighted by molar-refractivity contribution is 5.89. The molecule has 23 heavy (non-hydrogen) atoms. The van der Waals surface area contributed by atoms with E-state index >= 15 is 0 Å². The Morgan fingerprint density at radius 2 is 2.13 bits per heavy atom. The molecule has 120 valence electrons. The van der Waals surface area contributed by atoms with E-state index in [0.717, 1.165) is 11.3 Å². The number of rotatable bonds is 6. The monoisotopic (exact) mass is 314 g/mol. The van der Waals surface area contributed by atoms with Gasteiger partial charge in [-0.1, -0.05) is 28.9 Å². The molecule has 0 atom stereocenters. The minimum Gasteiger partial charge on any atom is -0.501 e. The highest BCUT2D eigenvalue weighted by Gasteiger charge is 2.11. The summed E-state index contributed by atoms with van der Waals surface area (Å²) in [4.78, 5) is 15.3. The Hall–Kier alpha value is -2.89. The molecular formula is C17H18N2O4. The van der Waals surface area contributed by atoms with E-state index in [2.05, 4.69) is 10.1 Å². The summed E-state index contributed by atoms with van der Waals surface area (Å²) in [6, 6.07) is 6.43. The molecule has 0 unspecified atom stereocenters. The van der Waals surface area contributed by atoms with Crippen LogP contribution in [0, 0.1) is 0 Å². The average Bonchev–Trinajstić information content (AvgIpc) is 3.01. The van der Waals surface area contributed by atoms with E-state index in [9.17, 15) is 4.79 Å². The molecule has 0 spiro atoms. The van der Waals surface area contributed by atoms with Gasteiger partial charge in [-0.3, -0.25) is 0 Å². The van der Waals surface area contributed by atoms with Crippen molar-refractivity contribution in [2.45, 2.75) is 20.3 Å². The topological polar surface area (TPSA) is 85.5 Å². The summed E-state index contributed by atoms with van der Waals surface area (Å²) in [7, 11) is 1.62. The van der Waals surface area contributed by atoms with Gasteiger partial charge in [0.25, 0.3) is 0 Å². The predicted molar refractivity (Wildman–Crippen MR) is 84.9 cm³/mol. The number of hydrogen-bond donors (Lipinski definition) is 1. The van der Waals surface area contributed by atoms with Crippen LogP contribution >= 0.6 is 0 Å². The summed E-state index contributed by atoms with van der Waals surface area (Å²) in [6.07, 6.45) is 4.30. The third kappa shape index (κ3) is 4.54. The van der Waals surface area contributed by atoms with Gasteiger partial charge in [0, 0.05) is 12.0 Å². The number of aromatic carboxylic acids is 1. The molecule has 2 rings (SSSR count). The number of nitrogens with zero attached hydrogens (tertiary/aromatic N) is 2. The molecule has 0 fully saturated rings. The van der Waals surface area contributed by atoms with Gasteiger partial charge < -0.3 is 14.4 Å². The lowest BCUT2D eigenvalue weighted by atomic mass is 10.1. The van der Waals surface area contributed by atoms with Gasteiger partial charge in [0.05, 0.1) is 18.4 Å². The van der Waals surface area contributed by atoms with Crippen molar-refractivity contribution in [3.05, 3.63) is 59.2 Å². The van der Waals surface area contributed by atoms with Crippen LogP contribution in [-0.2, 0) is 11.2 Å². The van der Waals surface area contributed by atoms with Crippen molar-refractivity contribution >= 4 is 5.97 Å². The fraction of sp³-hybridized carbons (Fsp3) is 0.235. The largest absolute Gasteiger partial charge is 0.501 e. The van der Waals surface area contributed by atoms with Crippen molar-refractivity contribution in [2.24, 2.45) is 0 Å². The van der Waals surface area contributed by atoms with E-state index in [-0.39, 0.29) is 5.56 Å².